The van der Waals surface area contributed by atoms with E-state index in [0.717, 1.165) is 30.3 Å². The minimum Gasteiger partial charge on any atom is -0.396 e. The lowest BCUT2D eigenvalue weighted by Crippen LogP contribution is -2.45. The number of aromatic nitrogens is 2. The molecule has 5 heteroatoms. The summed E-state index contributed by atoms with van der Waals surface area (Å²) >= 11 is 0. The van der Waals surface area contributed by atoms with Gasteiger partial charge in [-0.15, -0.1) is 0 Å². The highest BCUT2D eigenvalue weighted by Crippen LogP contribution is 2.28. The highest BCUT2D eigenvalue weighted by molar-refractivity contribution is 5.42. The number of piperidine rings is 1. The molecule has 0 amide bonds. The molecule has 2 N–H and O–H groups in total. The average Bonchev–Trinajstić information content (AvgIpc) is 2.45. The molecule has 1 fully saturated rings. The molecule has 2 rings (SSSR count). The number of aliphatic hydroxyl groups excluding tert-OH is 2. The van der Waals surface area contributed by atoms with Gasteiger partial charge in [-0.25, -0.2) is 9.97 Å². The summed E-state index contributed by atoms with van der Waals surface area (Å²) in [6.45, 7) is 12.0. The van der Waals surface area contributed by atoms with Crippen LogP contribution < -0.4 is 4.90 Å². The van der Waals surface area contributed by atoms with Gasteiger partial charge in [0.05, 0.1) is 11.8 Å². The molecule has 124 valence electrons. The second-order valence-corrected chi connectivity index (χ2v) is 7.62. The van der Waals surface area contributed by atoms with Gasteiger partial charge in [0.2, 0.25) is 0 Å². The summed E-state index contributed by atoms with van der Waals surface area (Å²) in [7, 11) is 0. The molecule has 2 heterocycles. The number of rotatable bonds is 3. The number of aliphatic hydroxyl groups is 2. The van der Waals surface area contributed by atoms with Crippen molar-refractivity contribution in [1.82, 2.24) is 9.97 Å². The Hall–Kier alpha value is -1.20. The van der Waals surface area contributed by atoms with Crippen molar-refractivity contribution in [3.63, 3.8) is 0 Å². The third-order valence-electron chi connectivity index (χ3n) is 4.29. The zero-order chi connectivity index (χ0) is 16.5. The molecule has 5 nitrogen and oxygen atoms in total. The van der Waals surface area contributed by atoms with Gasteiger partial charge in [-0.05, 0) is 6.42 Å². The maximum absolute atomic E-state index is 10.2. The highest BCUT2D eigenvalue weighted by Gasteiger charge is 2.29. The summed E-state index contributed by atoms with van der Waals surface area (Å²) in [4.78, 5) is 11.5. The van der Waals surface area contributed by atoms with Gasteiger partial charge in [0.15, 0.2) is 0 Å². The van der Waals surface area contributed by atoms with Crippen molar-refractivity contribution in [1.29, 1.82) is 0 Å². The Balaban J connectivity index is 2.32. The molecule has 0 spiro atoms. The summed E-state index contributed by atoms with van der Waals surface area (Å²) in [5.74, 6) is 1.98. The summed E-state index contributed by atoms with van der Waals surface area (Å²) < 4.78 is 0. The van der Waals surface area contributed by atoms with Crippen molar-refractivity contribution in [2.75, 3.05) is 24.6 Å². The molecule has 0 aromatic carbocycles. The van der Waals surface area contributed by atoms with Crippen molar-refractivity contribution in [3.8, 4) is 0 Å². The quantitative estimate of drug-likeness (QED) is 0.895. The Bertz CT molecular complexity index is 511. The number of hydrogen-bond acceptors (Lipinski definition) is 5. The van der Waals surface area contributed by atoms with Crippen LogP contribution in [0.4, 0.5) is 5.82 Å². The van der Waals surface area contributed by atoms with E-state index in [2.05, 4.69) is 39.5 Å². The van der Waals surface area contributed by atoms with Crippen molar-refractivity contribution < 1.29 is 10.2 Å². The van der Waals surface area contributed by atoms with E-state index in [1.54, 1.807) is 0 Å². The second-order valence-electron chi connectivity index (χ2n) is 7.62. The van der Waals surface area contributed by atoms with Gasteiger partial charge in [-0.2, -0.15) is 0 Å². The van der Waals surface area contributed by atoms with Gasteiger partial charge < -0.3 is 15.1 Å². The Kier molecular flexibility index (Phi) is 5.07. The van der Waals surface area contributed by atoms with E-state index < -0.39 is 6.10 Å². The monoisotopic (exact) mass is 307 g/mol. The Morgan fingerprint density at radius 3 is 2.50 bits per heavy atom. The van der Waals surface area contributed by atoms with Gasteiger partial charge in [0.1, 0.15) is 11.6 Å². The zero-order valence-electron chi connectivity index (χ0n) is 14.4. The van der Waals surface area contributed by atoms with Crippen LogP contribution in [0.1, 0.15) is 58.5 Å². The van der Waals surface area contributed by atoms with E-state index in [1.807, 2.05) is 6.07 Å². The summed E-state index contributed by atoms with van der Waals surface area (Å²) in [5.41, 5.74) is 0.989. The van der Waals surface area contributed by atoms with E-state index >= 15 is 0 Å². The van der Waals surface area contributed by atoms with Crippen LogP contribution in [0.2, 0.25) is 0 Å². The number of β-amino-alcohol motifs (C(OH)–C–C–N with tert-alkyl or cyclic N) is 1. The standard InChI is InChI=1S/C17H29N3O2/c1-11(2)16-18-14(17(3,4)5)8-15(19-16)20-7-6-12(10-21)13(22)9-20/h8,11-13,21-22H,6-7,9-10H2,1-5H3. The Morgan fingerprint density at radius 2 is 2.00 bits per heavy atom. The predicted octanol–water partition coefficient (Wildman–Crippen LogP) is 2.08. The van der Waals surface area contributed by atoms with E-state index in [9.17, 15) is 10.2 Å². The molecule has 0 radical (unpaired) electrons. The van der Waals surface area contributed by atoms with Crippen LogP contribution in [0, 0.1) is 5.92 Å². The average molecular weight is 307 g/mol. The Morgan fingerprint density at radius 1 is 1.32 bits per heavy atom. The van der Waals surface area contributed by atoms with Crippen LogP contribution in [-0.2, 0) is 5.41 Å². The van der Waals surface area contributed by atoms with Crippen molar-refractivity contribution in [3.05, 3.63) is 17.6 Å². The molecule has 1 aliphatic rings. The van der Waals surface area contributed by atoms with E-state index in [-0.39, 0.29) is 23.9 Å². The molecule has 2 atom stereocenters. The van der Waals surface area contributed by atoms with E-state index in [0.29, 0.717) is 6.54 Å². The normalized spacial score (nSPS) is 23.2. The summed E-state index contributed by atoms with van der Waals surface area (Å²) in [6, 6.07) is 2.04. The predicted molar refractivity (Wildman–Crippen MR) is 88.2 cm³/mol. The van der Waals surface area contributed by atoms with Crippen LogP contribution in [-0.4, -0.2) is 46.0 Å². The van der Waals surface area contributed by atoms with Gasteiger partial charge >= 0.3 is 0 Å². The fraction of sp³-hybridized carbons (Fsp3) is 0.765. The first-order valence-electron chi connectivity index (χ1n) is 8.15. The first-order valence-corrected chi connectivity index (χ1v) is 8.15. The smallest absolute Gasteiger partial charge is 0.133 e. The maximum atomic E-state index is 10.2. The molecular weight excluding hydrogens is 278 g/mol. The number of hydrogen-bond donors (Lipinski definition) is 2. The van der Waals surface area contributed by atoms with Gasteiger partial charge in [0, 0.05) is 43.0 Å². The van der Waals surface area contributed by atoms with Crippen LogP contribution in [0.5, 0.6) is 0 Å². The van der Waals surface area contributed by atoms with Crippen LogP contribution in [0.25, 0.3) is 0 Å². The topological polar surface area (TPSA) is 69.5 Å². The first kappa shape index (κ1) is 17.2. The number of nitrogens with zero attached hydrogens (tertiary/aromatic N) is 3. The number of anilines is 1. The van der Waals surface area contributed by atoms with Gasteiger partial charge in [-0.3, -0.25) is 0 Å². The minimum absolute atomic E-state index is 0.0234. The van der Waals surface area contributed by atoms with E-state index in [4.69, 9.17) is 9.97 Å². The molecule has 1 saturated heterocycles. The lowest BCUT2D eigenvalue weighted by molar-refractivity contribution is 0.0546. The summed E-state index contributed by atoms with van der Waals surface area (Å²) in [6.07, 6.45) is 0.276. The lowest BCUT2D eigenvalue weighted by atomic mass is 9.91. The minimum atomic E-state index is -0.505. The summed E-state index contributed by atoms with van der Waals surface area (Å²) in [5, 5.41) is 19.4. The van der Waals surface area contributed by atoms with E-state index in [1.165, 1.54) is 0 Å². The van der Waals surface area contributed by atoms with Gasteiger partial charge in [0.25, 0.3) is 0 Å². The SMILES string of the molecule is CC(C)c1nc(N2CCC(CO)C(O)C2)cc(C(C)(C)C)n1. The highest BCUT2D eigenvalue weighted by atomic mass is 16.3. The molecular formula is C17H29N3O2. The molecule has 1 aromatic heterocycles. The van der Waals surface area contributed by atoms with Crippen LogP contribution in [0.15, 0.2) is 6.07 Å². The second kappa shape index (κ2) is 6.50. The largest absolute Gasteiger partial charge is 0.396 e. The van der Waals surface area contributed by atoms with Crippen molar-refractivity contribution in [2.45, 2.75) is 58.5 Å². The van der Waals surface area contributed by atoms with Crippen molar-refractivity contribution in [2.24, 2.45) is 5.92 Å². The molecule has 1 aromatic rings. The third-order valence-corrected chi connectivity index (χ3v) is 4.29. The van der Waals surface area contributed by atoms with Crippen LogP contribution >= 0.6 is 0 Å². The third kappa shape index (κ3) is 3.76. The first-order chi connectivity index (χ1) is 10.2. The fourth-order valence-corrected chi connectivity index (χ4v) is 2.66. The zero-order valence-corrected chi connectivity index (χ0v) is 14.4. The van der Waals surface area contributed by atoms with Gasteiger partial charge in [-0.1, -0.05) is 34.6 Å². The molecule has 0 bridgehead atoms. The lowest BCUT2D eigenvalue weighted by Gasteiger charge is -2.36. The van der Waals surface area contributed by atoms with Crippen LogP contribution in [0.3, 0.4) is 0 Å². The Labute approximate surface area is 133 Å². The molecule has 0 aliphatic carbocycles. The fourth-order valence-electron chi connectivity index (χ4n) is 2.66. The van der Waals surface area contributed by atoms with Crippen molar-refractivity contribution >= 4 is 5.82 Å². The molecule has 22 heavy (non-hydrogen) atoms. The molecule has 0 saturated carbocycles. The molecule has 2 unspecified atom stereocenters. The molecule has 1 aliphatic heterocycles. The maximum Gasteiger partial charge on any atom is 0.133 e.